The van der Waals surface area contributed by atoms with Crippen LogP contribution in [0, 0.1) is 5.92 Å². The van der Waals surface area contributed by atoms with Crippen LogP contribution in [-0.4, -0.2) is 17.5 Å². The van der Waals surface area contributed by atoms with Crippen LogP contribution in [0.4, 0.5) is 0 Å². The van der Waals surface area contributed by atoms with Gasteiger partial charge in [-0.3, -0.25) is 0 Å². The molecule has 1 unspecified atom stereocenters. The van der Waals surface area contributed by atoms with E-state index < -0.39 is 5.97 Å². The van der Waals surface area contributed by atoms with Crippen LogP contribution in [0.1, 0.15) is 117 Å². The molecule has 0 amide bonds. The van der Waals surface area contributed by atoms with Crippen LogP contribution in [0.25, 0.3) is 0 Å². The Labute approximate surface area is 161 Å². The van der Waals surface area contributed by atoms with Gasteiger partial charge in [-0.25, -0.2) is 0 Å². The van der Waals surface area contributed by atoms with E-state index in [1.165, 1.54) is 103 Å². The largest absolute Gasteiger partial charge is 0.550 e. The van der Waals surface area contributed by atoms with Crippen molar-refractivity contribution in [1.29, 1.82) is 0 Å². The summed E-state index contributed by atoms with van der Waals surface area (Å²) in [5.41, 5.74) is 0. The molecule has 0 N–H and O–H groups in total. The number of hydrogen-bond donors (Lipinski definition) is 0. The van der Waals surface area contributed by atoms with E-state index in [0.29, 0.717) is 5.75 Å². The third kappa shape index (κ3) is 20.0. The maximum atomic E-state index is 10.6. The van der Waals surface area contributed by atoms with Gasteiger partial charge in [-0.1, -0.05) is 110 Å². The standard InChI is InChI=1S/C22H44O2S/c1-3-4-5-6-7-8-9-10-11-12-13-14-15-16-17-18-19-25-20-21(2)22(23)24/h21H,3-20H2,1-2H3,(H,23,24)/p-1. The topological polar surface area (TPSA) is 40.1 Å². The van der Waals surface area contributed by atoms with Gasteiger partial charge in [0.05, 0.1) is 0 Å². The number of rotatable bonds is 20. The van der Waals surface area contributed by atoms with E-state index in [1.54, 1.807) is 18.7 Å². The minimum absolute atomic E-state index is 0.314. The van der Waals surface area contributed by atoms with E-state index in [0.717, 1.165) is 5.75 Å². The van der Waals surface area contributed by atoms with Gasteiger partial charge in [0.2, 0.25) is 0 Å². The van der Waals surface area contributed by atoms with Crippen molar-refractivity contribution in [3.8, 4) is 0 Å². The van der Waals surface area contributed by atoms with Crippen LogP contribution in [0.2, 0.25) is 0 Å². The Kier molecular flexibility index (Phi) is 20.0. The summed E-state index contributed by atoms with van der Waals surface area (Å²) in [4.78, 5) is 10.6. The molecule has 25 heavy (non-hydrogen) atoms. The number of carbonyl (C=O) groups excluding carboxylic acids is 1. The van der Waals surface area contributed by atoms with Crippen LogP contribution in [0.15, 0.2) is 0 Å². The minimum Gasteiger partial charge on any atom is -0.550 e. The number of carboxylic acids is 1. The number of unbranched alkanes of at least 4 members (excludes halogenated alkanes) is 15. The summed E-state index contributed by atoms with van der Waals surface area (Å²) in [6.07, 6.45) is 22.3. The first-order valence-corrected chi connectivity index (χ1v) is 12.1. The van der Waals surface area contributed by atoms with Gasteiger partial charge in [-0.05, 0) is 12.2 Å². The van der Waals surface area contributed by atoms with Gasteiger partial charge in [0.15, 0.2) is 0 Å². The molecule has 0 fully saturated rings. The van der Waals surface area contributed by atoms with Crippen LogP contribution >= 0.6 is 11.8 Å². The average Bonchev–Trinajstić information content (AvgIpc) is 2.60. The maximum Gasteiger partial charge on any atom is 0.0450 e. The fourth-order valence-electron chi connectivity index (χ4n) is 3.08. The van der Waals surface area contributed by atoms with Gasteiger partial charge in [-0.15, -0.1) is 0 Å². The molecule has 3 heteroatoms. The summed E-state index contributed by atoms with van der Waals surface area (Å²) in [5, 5.41) is 10.6. The molecule has 0 aliphatic rings. The van der Waals surface area contributed by atoms with Crippen molar-refractivity contribution < 1.29 is 9.90 Å². The molecule has 0 aromatic heterocycles. The zero-order valence-electron chi connectivity index (χ0n) is 17.0. The predicted molar refractivity (Wildman–Crippen MR) is 111 cm³/mol. The molecule has 150 valence electrons. The van der Waals surface area contributed by atoms with E-state index in [9.17, 15) is 9.90 Å². The summed E-state index contributed by atoms with van der Waals surface area (Å²) < 4.78 is 0. The highest BCUT2D eigenvalue weighted by molar-refractivity contribution is 7.99. The third-order valence-corrected chi connectivity index (χ3v) is 6.23. The molecule has 0 saturated heterocycles. The van der Waals surface area contributed by atoms with Gasteiger partial charge < -0.3 is 9.90 Å². The molecule has 0 bridgehead atoms. The molecule has 0 aliphatic carbocycles. The number of aliphatic carboxylic acids is 1. The van der Waals surface area contributed by atoms with Gasteiger partial charge in [0.25, 0.3) is 0 Å². The van der Waals surface area contributed by atoms with Crippen molar-refractivity contribution in [2.45, 2.75) is 117 Å². The van der Waals surface area contributed by atoms with Crippen molar-refractivity contribution in [3.05, 3.63) is 0 Å². The molecule has 0 saturated carbocycles. The number of carbonyl (C=O) groups is 1. The summed E-state index contributed by atoms with van der Waals surface area (Å²) in [6, 6.07) is 0. The number of hydrogen-bond acceptors (Lipinski definition) is 3. The molecule has 0 aliphatic heterocycles. The number of thioether (sulfide) groups is 1. The van der Waals surface area contributed by atoms with Gasteiger partial charge in [-0.2, -0.15) is 11.8 Å². The van der Waals surface area contributed by atoms with Crippen molar-refractivity contribution in [2.75, 3.05) is 11.5 Å². The summed E-state index contributed by atoms with van der Waals surface area (Å²) in [5.74, 6) is 0.558. The minimum atomic E-state index is -0.917. The Balaban J connectivity index is 3.04. The van der Waals surface area contributed by atoms with E-state index in [2.05, 4.69) is 6.92 Å². The second-order valence-corrected chi connectivity index (χ2v) is 8.75. The lowest BCUT2D eigenvalue weighted by atomic mass is 10.0. The average molecular weight is 372 g/mol. The zero-order valence-corrected chi connectivity index (χ0v) is 17.8. The van der Waals surface area contributed by atoms with Crippen molar-refractivity contribution in [3.63, 3.8) is 0 Å². The van der Waals surface area contributed by atoms with Crippen LogP contribution in [0.3, 0.4) is 0 Å². The third-order valence-electron chi connectivity index (χ3n) is 4.91. The van der Waals surface area contributed by atoms with E-state index in [-0.39, 0.29) is 5.92 Å². The van der Waals surface area contributed by atoms with Gasteiger partial charge >= 0.3 is 0 Å². The lowest BCUT2D eigenvalue weighted by molar-refractivity contribution is -0.310. The first-order valence-electron chi connectivity index (χ1n) is 11.0. The zero-order chi connectivity index (χ0) is 18.6. The fraction of sp³-hybridized carbons (Fsp3) is 0.955. The van der Waals surface area contributed by atoms with Crippen molar-refractivity contribution in [2.24, 2.45) is 5.92 Å². The second-order valence-electron chi connectivity index (χ2n) is 7.60. The quantitative estimate of drug-likeness (QED) is 0.233. The number of carboxylic acid groups (broad SMARTS) is 1. The molecule has 0 aromatic rings. The SMILES string of the molecule is CCCCCCCCCCCCCCCCCCSCC(C)C(=O)[O-]. The molecular formula is C22H43O2S-. The summed E-state index contributed by atoms with van der Waals surface area (Å²) >= 11 is 1.76. The lowest BCUT2D eigenvalue weighted by Crippen LogP contribution is -2.30. The maximum absolute atomic E-state index is 10.6. The highest BCUT2D eigenvalue weighted by Gasteiger charge is 2.02. The monoisotopic (exact) mass is 371 g/mol. The van der Waals surface area contributed by atoms with Crippen molar-refractivity contribution in [1.82, 2.24) is 0 Å². The van der Waals surface area contributed by atoms with Gasteiger partial charge in [0, 0.05) is 17.6 Å². The highest BCUT2D eigenvalue weighted by atomic mass is 32.2. The van der Waals surface area contributed by atoms with E-state index in [1.807, 2.05) is 0 Å². The highest BCUT2D eigenvalue weighted by Crippen LogP contribution is 2.15. The smallest absolute Gasteiger partial charge is 0.0450 e. The Bertz CT molecular complexity index is 281. The molecule has 0 heterocycles. The van der Waals surface area contributed by atoms with E-state index >= 15 is 0 Å². The summed E-state index contributed by atoms with van der Waals surface area (Å²) in [7, 11) is 0. The molecule has 0 spiro atoms. The molecule has 0 aromatic carbocycles. The second kappa shape index (κ2) is 20.1. The van der Waals surface area contributed by atoms with Crippen molar-refractivity contribution >= 4 is 17.7 Å². The van der Waals surface area contributed by atoms with Crippen LogP contribution < -0.4 is 5.11 Å². The normalized spacial score (nSPS) is 12.4. The molecule has 2 nitrogen and oxygen atoms in total. The first-order chi connectivity index (χ1) is 12.2. The Morgan fingerprint density at radius 3 is 1.44 bits per heavy atom. The Morgan fingerprint density at radius 1 is 0.720 bits per heavy atom. The van der Waals surface area contributed by atoms with Crippen LogP contribution in [0.5, 0.6) is 0 Å². The van der Waals surface area contributed by atoms with Crippen LogP contribution in [-0.2, 0) is 4.79 Å². The Morgan fingerprint density at radius 2 is 1.08 bits per heavy atom. The predicted octanol–water partition coefficient (Wildman–Crippen LogP) is 6.37. The summed E-state index contributed by atoms with van der Waals surface area (Å²) in [6.45, 7) is 4.01. The first kappa shape index (κ1) is 24.8. The molecular weight excluding hydrogens is 328 g/mol. The van der Waals surface area contributed by atoms with Gasteiger partial charge in [0.1, 0.15) is 0 Å². The van der Waals surface area contributed by atoms with E-state index in [4.69, 9.17) is 0 Å². The molecule has 0 radical (unpaired) electrons. The molecule has 1 atom stereocenters. The Hall–Kier alpha value is -0.180. The molecule has 0 rings (SSSR count). The lowest BCUT2D eigenvalue weighted by Gasteiger charge is -2.11. The fourth-order valence-corrected chi connectivity index (χ4v) is 4.14.